The molecule has 10 nitrogen and oxygen atoms in total. The summed E-state index contributed by atoms with van der Waals surface area (Å²) in [5.41, 5.74) is 14.2. The van der Waals surface area contributed by atoms with Crippen LogP contribution in [0.15, 0.2) is 59.4 Å². The van der Waals surface area contributed by atoms with E-state index in [-0.39, 0.29) is 11.7 Å². The zero-order valence-corrected chi connectivity index (χ0v) is 22.5. The Morgan fingerprint density at radius 3 is 2.67 bits per heavy atom. The maximum atomic E-state index is 13.2. The lowest BCUT2D eigenvalue weighted by Crippen LogP contribution is -2.29. The molecule has 0 spiro atoms. The highest BCUT2D eigenvalue weighted by atomic mass is 32.1. The molecule has 2 aromatic heterocycles. The number of hydrogen-bond acceptors (Lipinski definition) is 9. The SMILES string of the molecule is NCCCCNCCCNC(=O)c1cc2c(nc(N)c(=O)n2-c2ccc3c(c2)N(c2ccccc2)CCO3)s1. The Kier molecular flexibility index (Phi) is 8.40. The normalized spacial score (nSPS) is 12.8. The van der Waals surface area contributed by atoms with Gasteiger partial charge in [-0.1, -0.05) is 18.2 Å². The summed E-state index contributed by atoms with van der Waals surface area (Å²) in [6.07, 6.45) is 2.86. The van der Waals surface area contributed by atoms with Gasteiger partial charge in [-0.3, -0.25) is 14.2 Å². The average molecular weight is 548 g/mol. The first kappa shape index (κ1) is 26.7. The van der Waals surface area contributed by atoms with Gasteiger partial charge in [0.1, 0.15) is 17.2 Å². The van der Waals surface area contributed by atoms with Crippen molar-refractivity contribution in [2.45, 2.75) is 19.3 Å². The Labute approximate surface area is 230 Å². The summed E-state index contributed by atoms with van der Waals surface area (Å²) >= 11 is 1.22. The Balaban J connectivity index is 1.39. The van der Waals surface area contributed by atoms with Gasteiger partial charge in [0.2, 0.25) is 0 Å². The van der Waals surface area contributed by atoms with Crippen molar-refractivity contribution in [3.8, 4) is 11.4 Å². The van der Waals surface area contributed by atoms with Crippen molar-refractivity contribution in [2.24, 2.45) is 5.73 Å². The Morgan fingerprint density at radius 1 is 1.03 bits per heavy atom. The van der Waals surface area contributed by atoms with Crippen LogP contribution in [0.5, 0.6) is 5.75 Å². The third-order valence-electron chi connectivity index (χ3n) is 6.56. The van der Waals surface area contributed by atoms with Crippen LogP contribution in [0.2, 0.25) is 0 Å². The summed E-state index contributed by atoms with van der Waals surface area (Å²) in [6, 6.07) is 17.3. The highest BCUT2D eigenvalue weighted by Gasteiger charge is 2.22. The van der Waals surface area contributed by atoms with E-state index in [1.807, 2.05) is 48.5 Å². The van der Waals surface area contributed by atoms with Gasteiger partial charge in [-0.25, -0.2) is 4.98 Å². The molecule has 39 heavy (non-hydrogen) atoms. The summed E-state index contributed by atoms with van der Waals surface area (Å²) in [5, 5.41) is 6.31. The van der Waals surface area contributed by atoms with Crippen LogP contribution < -0.4 is 37.3 Å². The number of rotatable bonds is 11. The number of nitrogens with zero attached hydrogens (tertiary/aromatic N) is 3. The second kappa shape index (κ2) is 12.3. The Bertz CT molecular complexity index is 1500. The van der Waals surface area contributed by atoms with Gasteiger partial charge < -0.3 is 31.7 Å². The number of aromatic nitrogens is 2. The van der Waals surface area contributed by atoms with Crippen molar-refractivity contribution >= 4 is 44.8 Å². The lowest BCUT2D eigenvalue weighted by molar-refractivity contribution is 0.0957. The van der Waals surface area contributed by atoms with Crippen LogP contribution in [0.25, 0.3) is 16.0 Å². The molecule has 204 valence electrons. The van der Waals surface area contributed by atoms with Gasteiger partial charge in [-0.15, -0.1) is 11.3 Å². The fourth-order valence-electron chi connectivity index (χ4n) is 4.60. The summed E-state index contributed by atoms with van der Waals surface area (Å²) in [5.74, 6) is 0.415. The lowest BCUT2D eigenvalue weighted by Gasteiger charge is -2.31. The largest absolute Gasteiger partial charge is 0.490 e. The molecule has 3 heterocycles. The van der Waals surface area contributed by atoms with Crippen molar-refractivity contribution in [3.05, 3.63) is 69.8 Å². The Hall–Kier alpha value is -3.93. The molecule has 0 fully saturated rings. The molecule has 0 radical (unpaired) electrons. The lowest BCUT2D eigenvalue weighted by atomic mass is 10.1. The van der Waals surface area contributed by atoms with E-state index in [0.717, 1.165) is 49.5 Å². The number of amides is 1. The number of carbonyl (C=O) groups is 1. The van der Waals surface area contributed by atoms with Crippen molar-refractivity contribution in [1.29, 1.82) is 0 Å². The molecule has 2 aromatic carbocycles. The van der Waals surface area contributed by atoms with Crippen molar-refractivity contribution in [1.82, 2.24) is 20.2 Å². The Morgan fingerprint density at radius 2 is 1.85 bits per heavy atom. The van der Waals surface area contributed by atoms with E-state index in [1.165, 1.54) is 15.9 Å². The molecule has 1 amide bonds. The molecular weight excluding hydrogens is 514 g/mol. The van der Waals surface area contributed by atoms with E-state index in [0.29, 0.717) is 47.2 Å². The zero-order chi connectivity index (χ0) is 27.2. The molecule has 5 rings (SSSR count). The van der Waals surface area contributed by atoms with Crippen LogP contribution >= 0.6 is 11.3 Å². The number of para-hydroxylation sites is 1. The fourth-order valence-corrected chi connectivity index (χ4v) is 5.55. The molecule has 11 heteroatoms. The van der Waals surface area contributed by atoms with E-state index < -0.39 is 5.56 Å². The van der Waals surface area contributed by atoms with Crippen molar-refractivity contribution in [3.63, 3.8) is 0 Å². The quantitative estimate of drug-likeness (QED) is 0.210. The molecule has 0 bridgehead atoms. The first-order chi connectivity index (χ1) is 19.1. The topological polar surface area (TPSA) is 141 Å². The van der Waals surface area contributed by atoms with Gasteiger partial charge >= 0.3 is 0 Å². The number of nitrogens with two attached hydrogens (primary N) is 2. The number of anilines is 3. The van der Waals surface area contributed by atoms with E-state index in [1.54, 1.807) is 6.07 Å². The van der Waals surface area contributed by atoms with Crippen molar-refractivity contribution < 1.29 is 9.53 Å². The standard InChI is InChI=1S/C28H33N7O3S/c29-11-4-5-12-31-13-6-14-32-26(36)24-18-22-27(39-24)33-25(30)28(37)35(22)20-9-10-23-21(17-20)34(15-16-38-23)19-7-2-1-3-8-19/h1-3,7-10,17-18,31H,4-6,11-16,29H2,(H2,30,33)(H,32,36). The third kappa shape index (κ3) is 5.90. The highest BCUT2D eigenvalue weighted by Crippen LogP contribution is 2.38. The number of thiophene rings is 1. The van der Waals surface area contributed by atoms with E-state index in [9.17, 15) is 9.59 Å². The van der Waals surface area contributed by atoms with Crippen LogP contribution in [0.1, 0.15) is 28.9 Å². The number of carbonyl (C=O) groups excluding carboxylic acids is 1. The van der Waals surface area contributed by atoms with Gasteiger partial charge in [0, 0.05) is 12.2 Å². The minimum absolute atomic E-state index is 0.120. The first-order valence-electron chi connectivity index (χ1n) is 13.2. The van der Waals surface area contributed by atoms with Crippen LogP contribution in [-0.4, -0.2) is 54.8 Å². The summed E-state index contributed by atoms with van der Waals surface area (Å²) < 4.78 is 7.42. The molecule has 1 aliphatic rings. The zero-order valence-electron chi connectivity index (χ0n) is 21.7. The second-order valence-corrected chi connectivity index (χ2v) is 10.3. The van der Waals surface area contributed by atoms with Crippen LogP contribution in [-0.2, 0) is 0 Å². The molecule has 0 saturated heterocycles. The average Bonchev–Trinajstić information content (AvgIpc) is 3.38. The number of benzene rings is 2. The summed E-state index contributed by atoms with van der Waals surface area (Å²) in [4.78, 5) is 33.6. The number of fused-ring (bicyclic) bond motifs is 2. The van der Waals surface area contributed by atoms with Crippen LogP contribution in [0.4, 0.5) is 17.2 Å². The number of ether oxygens (including phenoxy) is 1. The first-order valence-corrected chi connectivity index (χ1v) is 14.0. The van der Waals surface area contributed by atoms with E-state index in [4.69, 9.17) is 16.2 Å². The smallest absolute Gasteiger partial charge is 0.298 e. The maximum Gasteiger partial charge on any atom is 0.298 e. The number of unbranched alkanes of at least 4 members (excludes halogenated alkanes) is 1. The predicted octanol–water partition coefficient (Wildman–Crippen LogP) is 3.01. The molecular formula is C28H33N7O3S. The van der Waals surface area contributed by atoms with Crippen LogP contribution in [0.3, 0.4) is 0 Å². The molecule has 0 unspecified atom stereocenters. The van der Waals surface area contributed by atoms with Crippen LogP contribution in [0, 0.1) is 0 Å². The van der Waals surface area contributed by atoms with E-state index >= 15 is 0 Å². The predicted molar refractivity (Wildman–Crippen MR) is 157 cm³/mol. The number of nitrogens with one attached hydrogen (secondary N) is 2. The summed E-state index contributed by atoms with van der Waals surface area (Å²) in [7, 11) is 0. The van der Waals surface area contributed by atoms with E-state index in [2.05, 4.69) is 20.5 Å². The maximum absolute atomic E-state index is 13.2. The van der Waals surface area contributed by atoms with Gasteiger partial charge in [-0.2, -0.15) is 0 Å². The second-order valence-electron chi connectivity index (χ2n) is 9.28. The third-order valence-corrected chi connectivity index (χ3v) is 7.57. The molecule has 0 saturated carbocycles. The minimum atomic E-state index is -0.434. The number of nitrogen functional groups attached to an aromatic ring is 1. The fraction of sp³-hybridized carbons (Fsp3) is 0.321. The molecule has 1 aliphatic heterocycles. The number of hydrogen-bond donors (Lipinski definition) is 4. The summed E-state index contributed by atoms with van der Waals surface area (Å²) in [6.45, 7) is 4.21. The van der Waals surface area contributed by atoms with Gasteiger partial charge in [-0.05, 0) is 75.3 Å². The van der Waals surface area contributed by atoms with Gasteiger partial charge in [0.05, 0.1) is 28.3 Å². The van der Waals surface area contributed by atoms with Gasteiger partial charge in [0.25, 0.3) is 11.5 Å². The van der Waals surface area contributed by atoms with Crippen molar-refractivity contribution in [2.75, 3.05) is 50.0 Å². The minimum Gasteiger partial charge on any atom is -0.490 e. The monoisotopic (exact) mass is 547 g/mol. The van der Waals surface area contributed by atoms with Gasteiger partial charge in [0.15, 0.2) is 5.82 Å². The molecule has 0 atom stereocenters. The highest BCUT2D eigenvalue weighted by molar-refractivity contribution is 7.20. The molecule has 6 N–H and O–H groups in total. The molecule has 0 aliphatic carbocycles. The molecule has 4 aromatic rings.